The molecule has 0 bridgehead atoms. The van der Waals surface area contributed by atoms with Gasteiger partial charge < -0.3 is 20.1 Å². The van der Waals surface area contributed by atoms with Gasteiger partial charge in [-0.05, 0) is 50.8 Å². The van der Waals surface area contributed by atoms with Crippen molar-refractivity contribution in [3.63, 3.8) is 0 Å². The average molecular weight is 451 g/mol. The topological polar surface area (TPSA) is 78.9 Å². The number of aliphatic hydroxyl groups excluding tert-OH is 1. The molecule has 33 heavy (non-hydrogen) atoms. The summed E-state index contributed by atoms with van der Waals surface area (Å²) in [6, 6.07) is 17.7. The largest absolute Gasteiger partial charge is 0.444 e. The molecule has 2 aromatic rings. The lowest BCUT2D eigenvalue weighted by Crippen LogP contribution is -2.67. The Labute approximate surface area is 195 Å². The molecule has 3 atom stereocenters. The minimum Gasteiger partial charge on any atom is -0.444 e. The molecule has 176 valence electrons. The predicted molar refractivity (Wildman–Crippen MR) is 128 cm³/mol. The van der Waals surface area contributed by atoms with Gasteiger partial charge in [0.1, 0.15) is 5.60 Å². The van der Waals surface area contributed by atoms with Gasteiger partial charge in [0.2, 0.25) is 5.91 Å². The molecule has 0 unspecified atom stereocenters. The molecular formula is C27H34N2O4. The Morgan fingerprint density at radius 2 is 1.82 bits per heavy atom. The summed E-state index contributed by atoms with van der Waals surface area (Å²) in [6.45, 7) is 8.44. The van der Waals surface area contributed by atoms with Gasteiger partial charge in [-0.25, -0.2) is 4.79 Å². The molecule has 2 amide bonds. The number of aliphatic hydroxyl groups is 1. The molecule has 0 saturated heterocycles. The van der Waals surface area contributed by atoms with E-state index in [1.165, 1.54) is 0 Å². The summed E-state index contributed by atoms with van der Waals surface area (Å²) in [7, 11) is 0. The number of carbonyl (C=O) groups is 2. The van der Waals surface area contributed by atoms with Gasteiger partial charge >= 0.3 is 6.09 Å². The van der Waals surface area contributed by atoms with Crippen LogP contribution in [0.2, 0.25) is 0 Å². The van der Waals surface area contributed by atoms with Crippen LogP contribution in [0.25, 0.3) is 0 Å². The minimum atomic E-state index is -0.611. The molecule has 0 spiro atoms. The first kappa shape index (κ1) is 23.3. The summed E-state index contributed by atoms with van der Waals surface area (Å²) in [5.41, 5.74) is 1.25. The normalized spacial score (nSPS) is 25.8. The van der Waals surface area contributed by atoms with Crippen molar-refractivity contribution >= 4 is 17.7 Å². The number of hydrogen-bond acceptors (Lipinski definition) is 4. The maximum Gasteiger partial charge on any atom is 0.410 e. The number of carbonyl (C=O) groups excluding carboxylic acids is 2. The summed E-state index contributed by atoms with van der Waals surface area (Å²) >= 11 is 0. The Morgan fingerprint density at radius 1 is 1.15 bits per heavy atom. The zero-order chi connectivity index (χ0) is 23.9. The van der Waals surface area contributed by atoms with Gasteiger partial charge in [0.25, 0.3) is 0 Å². The number of fused-ring (bicyclic) bond motifs is 3. The van der Waals surface area contributed by atoms with Crippen LogP contribution in [0.4, 0.5) is 10.5 Å². The smallest absolute Gasteiger partial charge is 0.410 e. The van der Waals surface area contributed by atoms with Gasteiger partial charge in [0.05, 0.1) is 0 Å². The van der Waals surface area contributed by atoms with Crippen molar-refractivity contribution < 1.29 is 19.4 Å². The fourth-order valence-corrected chi connectivity index (χ4v) is 5.62. The highest BCUT2D eigenvalue weighted by atomic mass is 16.6. The van der Waals surface area contributed by atoms with Crippen LogP contribution in [0.3, 0.4) is 0 Å². The first-order valence-corrected chi connectivity index (χ1v) is 11.6. The fourth-order valence-electron chi connectivity index (χ4n) is 5.62. The van der Waals surface area contributed by atoms with Gasteiger partial charge in [0, 0.05) is 42.1 Å². The molecule has 1 heterocycles. The number of nitrogens with one attached hydrogen (secondary N) is 1. The molecule has 6 nitrogen and oxygen atoms in total. The highest BCUT2D eigenvalue weighted by molar-refractivity contribution is 5.99. The maximum absolute atomic E-state index is 13.2. The first-order valence-electron chi connectivity index (χ1n) is 11.6. The number of anilines is 1. The maximum atomic E-state index is 13.2. The molecule has 1 aliphatic heterocycles. The van der Waals surface area contributed by atoms with Crippen LogP contribution in [0.1, 0.15) is 51.7 Å². The number of nitrogens with zero attached hydrogens (tertiary/aromatic N) is 1. The lowest BCUT2D eigenvalue weighted by molar-refractivity contribution is -0.150. The summed E-state index contributed by atoms with van der Waals surface area (Å²) in [5.74, 6) is -0.242. The van der Waals surface area contributed by atoms with E-state index in [9.17, 15) is 14.7 Å². The van der Waals surface area contributed by atoms with Gasteiger partial charge in [-0.15, -0.1) is 0 Å². The minimum absolute atomic E-state index is 0.00787. The number of benzene rings is 2. The quantitative estimate of drug-likeness (QED) is 0.667. The third kappa shape index (κ3) is 4.12. The molecule has 1 aliphatic carbocycles. The fraction of sp³-hybridized carbons (Fsp3) is 0.481. The van der Waals surface area contributed by atoms with Crippen molar-refractivity contribution in [2.75, 3.05) is 18.5 Å². The van der Waals surface area contributed by atoms with Crippen LogP contribution in [-0.2, 0) is 21.5 Å². The molecule has 0 radical (unpaired) electrons. The van der Waals surface area contributed by atoms with Crippen LogP contribution >= 0.6 is 0 Å². The molecule has 1 fully saturated rings. The molecule has 1 saturated carbocycles. The zero-order valence-electron chi connectivity index (χ0n) is 19.9. The molecule has 0 aromatic heterocycles. The van der Waals surface area contributed by atoms with E-state index in [1.807, 2.05) is 82.3 Å². The van der Waals surface area contributed by atoms with Crippen LogP contribution in [-0.4, -0.2) is 40.8 Å². The Morgan fingerprint density at radius 3 is 2.48 bits per heavy atom. The molecule has 4 rings (SSSR count). The number of para-hydroxylation sites is 1. The number of amides is 2. The van der Waals surface area contributed by atoms with E-state index in [0.29, 0.717) is 25.9 Å². The second kappa shape index (κ2) is 8.49. The van der Waals surface area contributed by atoms with E-state index in [0.717, 1.165) is 16.8 Å². The Hall–Kier alpha value is -2.86. The van der Waals surface area contributed by atoms with Crippen molar-refractivity contribution in [2.24, 2.45) is 11.3 Å². The van der Waals surface area contributed by atoms with Crippen molar-refractivity contribution in [2.45, 2.75) is 58.1 Å². The summed E-state index contributed by atoms with van der Waals surface area (Å²) in [4.78, 5) is 27.9. The van der Waals surface area contributed by atoms with Gasteiger partial charge in [-0.1, -0.05) is 55.5 Å². The third-order valence-electron chi connectivity index (χ3n) is 7.30. The standard InChI is InChI=1S/C27H34N2O4/c1-25(2,3)33-24(32)29(17-19-10-6-5-7-11-19)15-14-27-20-12-8-9-13-22(20)28-23(31)21(27)16-26(27,4)18-30/h5-13,21,30H,14-18H2,1-4H3,(H,28,31)/t21-,26-,27+/m1/s1. The third-order valence-corrected chi connectivity index (χ3v) is 7.30. The lowest BCUT2D eigenvalue weighted by atomic mass is 9.40. The van der Waals surface area contributed by atoms with E-state index in [1.54, 1.807) is 4.90 Å². The van der Waals surface area contributed by atoms with Crippen molar-refractivity contribution in [3.05, 3.63) is 65.7 Å². The van der Waals surface area contributed by atoms with Crippen molar-refractivity contribution in [3.8, 4) is 0 Å². The van der Waals surface area contributed by atoms with Crippen molar-refractivity contribution in [1.29, 1.82) is 0 Å². The Kier molecular flexibility index (Phi) is 5.99. The van der Waals surface area contributed by atoms with Gasteiger partial charge in [0.15, 0.2) is 0 Å². The molecule has 2 aliphatic rings. The van der Waals surface area contributed by atoms with E-state index >= 15 is 0 Å². The monoisotopic (exact) mass is 450 g/mol. The zero-order valence-corrected chi connectivity index (χ0v) is 19.9. The SMILES string of the molecule is CC(C)(C)OC(=O)N(CC[C@]12c3ccccc3NC(=O)[C@H]1C[C@]2(C)CO)Cc1ccccc1. The number of ether oxygens (including phenoxy) is 1. The Balaban J connectivity index is 1.67. The molecule has 2 N–H and O–H groups in total. The van der Waals surface area contributed by atoms with Crippen LogP contribution in [0.15, 0.2) is 54.6 Å². The van der Waals surface area contributed by atoms with Crippen LogP contribution in [0, 0.1) is 11.3 Å². The van der Waals surface area contributed by atoms with E-state index in [2.05, 4.69) is 5.32 Å². The van der Waals surface area contributed by atoms with Gasteiger partial charge in [-0.3, -0.25) is 4.79 Å². The van der Waals surface area contributed by atoms with E-state index in [4.69, 9.17) is 4.74 Å². The second-order valence-electron chi connectivity index (χ2n) is 10.6. The summed E-state index contributed by atoms with van der Waals surface area (Å²) in [6.07, 6.45) is 0.804. The average Bonchev–Trinajstić information content (AvgIpc) is 2.76. The summed E-state index contributed by atoms with van der Waals surface area (Å²) in [5, 5.41) is 13.4. The first-order chi connectivity index (χ1) is 15.6. The Bertz CT molecular complexity index is 1030. The van der Waals surface area contributed by atoms with Crippen LogP contribution < -0.4 is 5.32 Å². The molecule has 2 aromatic carbocycles. The summed E-state index contributed by atoms with van der Waals surface area (Å²) < 4.78 is 5.72. The van der Waals surface area contributed by atoms with Crippen LogP contribution in [0.5, 0.6) is 0 Å². The lowest BCUT2D eigenvalue weighted by Gasteiger charge is -2.64. The molecule has 6 heteroatoms. The van der Waals surface area contributed by atoms with E-state index < -0.39 is 16.4 Å². The highest BCUT2D eigenvalue weighted by Crippen LogP contribution is 2.66. The number of rotatable bonds is 6. The van der Waals surface area contributed by atoms with E-state index in [-0.39, 0.29) is 24.5 Å². The van der Waals surface area contributed by atoms with Gasteiger partial charge in [-0.2, -0.15) is 0 Å². The molecular weight excluding hydrogens is 416 g/mol. The second-order valence-corrected chi connectivity index (χ2v) is 10.6. The number of hydrogen-bond donors (Lipinski definition) is 2. The van der Waals surface area contributed by atoms with Crippen molar-refractivity contribution in [1.82, 2.24) is 4.90 Å². The highest BCUT2D eigenvalue weighted by Gasteiger charge is 2.67. The predicted octanol–water partition coefficient (Wildman–Crippen LogP) is 4.72.